The lowest BCUT2D eigenvalue weighted by Gasteiger charge is -2.32. The number of nitrogens with one attached hydrogen (secondary N) is 1. The summed E-state index contributed by atoms with van der Waals surface area (Å²) >= 11 is 1.49. The number of amides is 1. The van der Waals surface area contributed by atoms with Crippen LogP contribution >= 0.6 is 11.3 Å². The standard InChI is InChI=1S/C22H24N2O2S/c25-22(21-9-4-12-27-21)23-14-18-6-2-10-24(16-18)15-17-5-1-7-19(13-17)20-8-3-11-26-20/h1,3-5,7-9,11-13,18H,2,6,10,14-16H2,(H,23,25). The van der Waals surface area contributed by atoms with Gasteiger partial charge < -0.3 is 9.73 Å². The van der Waals surface area contributed by atoms with Crippen LogP contribution in [0.3, 0.4) is 0 Å². The fourth-order valence-electron chi connectivity index (χ4n) is 3.72. The minimum atomic E-state index is 0.0493. The zero-order chi connectivity index (χ0) is 18.5. The quantitative estimate of drug-likeness (QED) is 0.677. The summed E-state index contributed by atoms with van der Waals surface area (Å²) in [6, 6.07) is 16.3. The highest BCUT2D eigenvalue weighted by molar-refractivity contribution is 7.12. The Balaban J connectivity index is 1.32. The molecule has 2 aromatic heterocycles. The molecule has 0 radical (unpaired) electrons. The van der Waals surface area contributed by atoms with Gasteiger partial charge in [0.25, 0.3) is 5.91 Å². The molecule has 1 atom stereocenters. The van der Waals surface area contributed by atoms with Crippen molar-refractivity contribution in [3.8, 4) is 11.3 Å². The van der Waals surface area contributed by atoms with E-state index in [1.54, 1.807) is 6.26 Å². The smallest absolute Gasteiger partial charge is 0.261 e. The molecule has 0 spiro atoms. The van der Waals surface area contributed by atoms with E-state index in [0.717, 1.165) is 42.4 Å². The lowest BCUT2D eigenvalue weighted by atomic mass is 9.97. The number of hydrogen-bond donors (Lipinski definition) is 1. The number of benzene rings is 1. The van der Waals surface area contributed by atoms with Gasteiger partial charge in [-0.25, -0.2) is 0 Å². The first-order valence-corrected chi connectivity index (χ1v) is 10.3. The summed E-state index contributed by atoms with van der Waals surface area (Å²) in [5, 5.41) is 5.04. The van der Waals surface area contributed by atoms with Gasteiger partial charge in [-0.1, -0.05) is 24.3 Å². The molecule has 0 saturated carbocycles. The number of furan rings is 1. The van der Waals surface area contributed by atoms with Gasteiger partial charge in [-0.2, -0.15) is 0 Å². The summed E-state index contributed by atoms with van der Waals surface area (Å²) in [7, 11) is 0. The third-order valence-electron chi connectivity index (χ3n) is 5.04. The average Bonchev–Trinajstić information content (AvgIpc) is 3.40. The van der Waals surface area contributed by atoms with Crippen LogP contribution in [0.4, 0.5) is 0 Å². The van der Waals surface area contributed by atoms with Crippen molar-refractivity contribution in [2.24, 2.45) is 5.92 Å². The summed E-state index contributed by atoms with van der Waals surface area (Å²) in [6.45, 7) is 3.82. The van der Waals surface area contributed by atoms with E-state index in [1.807, 2.05) is 29.6 Å². The molecule has 0 aliphatic carbocycles. The molecule has 4 rings (SSSR count). The van der Waals surface area contributed by atoms with Crippen LogP contribution in [-0.2, 0) is 6.54 Å². The van der Waals surface area contributed by atoms with Crippen LogP contribution < -0.4 is 5.32 Å². The number of piperidine rings is 1. The molecule has 140 valence electrons. The normalized spacial score (nSPS) is 17.7. The number of rotatable bonds is 6. The molecule has 1 fully saturated rings. The number of hydrogen-bond acceptors (Lipinski definition) is 4. The SMILES string of the molecule is O=C(NCC1CCCN(Cc2cccc(-c3ccco3)c2)C1)c1cccs1. The van der Waals surface area contributed by atoms with Crippen LogP contribution in [0.2, 0.25) is 0 Å². The van der Waals surface area contributed by atoms with Crippen molar-refractivity contribution in [3.63, 3.8) is 0 Å². The molecule has 4 nitrogen and oxygen atoms in total. The molecule has 1 N–H and O–H groups in total. The maximum atomic E-state index is 12.1. The number of carbonyl (C=O) groups excluding carboxylic acids is 1. The molecule has 1 unspecified atom stereocenters. The second-order valence-electron chi connectivity index (χ2n) is 7.11. The first-order valence-electron chi connectivity index (χ1n) is 9.45. The third kappa shape index (κ3) is 4.67. The van der Waals surface area contributed by atoms with Gasteiger partial charge in [0.05, 0.1) is 11.1 Å². The van der Waals surface area contributed by atoms with Crippen LogP contribution in [0, 0.1) is 5.92 Å². The van der Waals surface area contributed by atoms with E-state index < -0.39 is 0 Å². The number of likely N-dealkylation sites (tertiary alicyclic amines) is 1. The number of carbonyl (C=O) groups is 1. The van der Waals surface area contributed by atoms with Gasteiger partial charge in [0.15, 0.2) is 0 Å². The van der Waals surface area contributed by atoms with Gasteiger partial charge >= 0.3 is 0 Å². The highest BCUT2D eigenvalue weighted by Crippen LogP contribution is 2.23. The predicted octanol–water partition coefficient (Wildman–Crippen LogP) is 4.65. The Hall–Kier alpha value is -2.37. The maximum Gasteiger partial charge on any atom is 0.261 e. The summed E-state index contributed by atoms with van der Waals surface area (Å²) in [4.78, 5) is 15.4. The minimum Gasteiger partial charge on any atom is -0.464 e. The van der Waals surface area contributed by atoms with Crippen LogP contribution in [-0.4, -0.2) is 30.4 Å². The molecule has 27 heavy (non-hydrogen) atoms. The second-order valence-corrected chi connectivity index (χ2v) is 8.06. The van der Waals surface area contributed by atoms with E-state index in [9.17, 15) is 4.79 Å². The van der Waals surface area contributed by atoms with E-state index >= 15 is 0 Å². The van der Waals surface area contributed by atoms with Crippen molar-refractivity contribution >= 4 is 17.2 Å². The van der Waals surface area contributed by atoms with Crippen molar-refractivity contribution in [2.75, 3.05) is 19.6 Å². The molecule has 3 aromatic rings. The van der Waals surface area contributed by atoms with Gasteiger partial charge in [-0.15, -0.1) is 11.3 Å². The molecule has 5 heteroatoms. The summed E-state index contributed by atoms with van der Waals surface area (Å²) in [6.07, 6.45) is 4.06. The molecule has 1 amide bonds. The van der Waals surface area contributed by atoms with E-state index in [2.05, 4.69) is 34.5 Å². The van der Waals surface area contributed by atoms with Crippen molar-refractivity contribution in [2.45, 2.75) is 19.4 Å². The van der Waals surface area contributed by atoms with E-state index in [1.165, 1.54) is 29.7 Å². The number of nitrogens with zero attached hydrogens (tertiary/aromatic N) is 1. The lowest BCUT2D eigenvalue weighted by molar-refractivity contribution is 0.0934. The molecular weight excluding hydrogens is 356 g/mol. The summed E-state index contributed by atoms with van der Waals surface area (Å²) < 4.78 is 5.51. The Bertz CT molecular complexity index is 858. The molecule has 1 aliphatic rings. The van der Waals surface area contributed by atoms with Crippen LogP contribution in [0.1, 0.15) is 28.1 Å². The zero-order valence-corrected chi connectivity index (χ0v) is 16.1. The van der Waals surface area contributed by atoms with Crippen LogP contribution in [0.15, 0.2) is 64.6 Å². The Morgan fingerprint density at radius 1 is 1.22 bits per heavy atom. The van der Waals surface area contributed by atoms with Crippen LogP contribution in [0.25, 0.3) is 11.3 Å². The Morgan fingerprint density at radius 3 is 3.00 bits per heavy atom. The molecule has 1 saturated heterocycles. The summed E-state index contributed by atoms with van der Waals surface area (Å²) in [5.41, 5.74) is 2.42. The second kappa shape index (κ2) is 8.55. The molecule has 3 heterocycles. The van der Waals surface area contributed by atoms with Crippen LogP contribution in [0.5, 0.6) is 0 Å². The highest BCUT2D eigenvalue weighted by Gasteiger charge is 2.21. The van der Waals surface area contributed by atoms with E-state index in [4.69, 9.17) is 4.42 Å². The average molecular weight is 381 g/mol. The fourth-order valence-corrected chi connectivity index (χ4v) is 4.36. The Labute approximate surface area is 163 Å². The summed E-state index contributed by atoms with van der Waals surface area (Å²) in [5.74, 6) is 1.47. The lowest BCUT2D eigenvalue weighted by Crippen LogP contribution is -2.40. The van der Waals surface area contributed by atoms with Crippen molar-refractivity contribution in [3.05, 3.63) is 70.6 Å². The molecule has 1 aromatic carbocycles. The van der Waals surface area contributed by atoms with Crippen molar-refractivity contribution in [1.29, 1.82) is 0 Å². The first kappa shape index (κ1) is 18.0. The third-order valence-corrected chi connectivity index (χ3v) is 5.91. The Kier molecular flexibility index (Phi) is 5.70. The van der Waals surface area contributed by atoms with Gasteiger partial charge in [-0.3, -0.25) is 9.69 Å². The molecule has 0 bridgehead atoms. The molecular formula is C22H24N2O2S. The van der Waals surface area contributed by atoms with Gasteiger partial charge in [0.2, 0.25) is 0 Å². The van der Waals surface area contributed by atoms with E-state index in [-0.39, 0.29) is 5.91 Å². The zero-order valence-electron chi connectivity index (χ0n) is 15.3. The van der Waals surface area contributed by atoms with Gasteiger partial charge in [0, 0.05) is 25.2 Å². The van der Waals surface area contributed by atoms with Crippen molar-refractivity contribution in [1.82, 2.24) is 10.2 Å². The number of thiophene rings is 1. The monoisotopic (exact) mass is 380 g/mol. The fraction of sp³-hybridized carbons (Fsp3) is 0.318. The Morgan fingerprint density at radius 2 is 2.19 bits per heavy atom. The maximum absolute atomic E-state index is 12.1. The molecule has 1 aliphatic heterocycles. The first-order chi connectivity index (χ1) is 13.3. The van der Waals surface area contributed by atoms with Crippen molar-refractivity contribution < 1.29 is 9.21 Å². The largest absolute Gasteiger partial charge is 0.464 e. The van der Waals surface area contributed by atoms with E-state index in [0.29, 0.717) is 5.92 Å². The minimum absolute atomic E-state index is 0.0493. The van der Waals surface area contributed by atoms with Gasteiger partial charge in [-0.05, 0) is 60.5 Å². The van der Waals surface area contributed by atoms with Gasteiger partial charge in [0.1, 0.15) is 5.76 Å². The highest BCUT2D eigenvalue weighted by atomic mass is 32.1. The predicted molar refractivity (Wildman–Crippen MR) is 109 cm³/mol. The topological polar surface area (TPSA) is 45.5 Å².